The van der Waals surface area contributed by atoms with Crippen LogP contribution in [0.3, 0.4) is 0 Å². The number of benzene rings is 1. The highest BCUT2D eigenvalue weighted by Crippen LogP contribution is 2.22. The van der Waals surface area contributed by atoms with Crippen LogP contribution < -0.4 is 4.74 Å². The average Bonchev–Trinajstić information content (AvgIpc) is 2.91. The molecule has 1 aliphatic rings. The Hall–Kier alpha value is -1.98. The van der Waals surface area contributed by atoms with Crippen LogP contribution in [0.15, 0.2) is 36.7 Å². The molecule has 36 heavy (non-hydrogen) atoms. The van der Waals surface area contributed by atoms with E-state index in [1.165, 1.54) is 51.4 Å². The molecule has 1 aromatic carbocycles. The molecule has 0 N–H and O–H groups in total. The third-order valence-corrected chi connectivity index (χ3v) is 6.94. The molecule has 0 spiro atoms. The molecule has 1 aromatic heterocycles. The summed E-state index contributed by atoms with van der Waals surface area (Å²) in [6.07, 6.45) is 22.2. The van der Waals surface area contributed by atoms with Crippen LogP contribution in [0.1, 0.15) is 110 Å². The maximum Gasteiger partial charge on any atom is 0.157 e. The number of rotatable bonds is 18. The monoisotopic (exact) mass is 496 g/mol. The highest BCUT2D eigenvalue weighted by Gasteiger charge is 2.17. The second kappa shape index (κ2) is 17.5. The molecule has 5 heteroatoms. The van der Waals surface area contributed by atoms with Crippen LogP contribution in [-0.4, -0.2) is 35.6 Å². The average molecular weight is 497 g/mol. The summed E-state index contributed by atoms with van der Waals surface area (Å²) in [5.74, 6) is 1.85. The quantitative estimate of drug-likeness (QED) is 0.194. The van der Waals surface area contributed by atoms with Gasteiger partial charge < -0.3 is 14.2 Å². The minimum Gasteiger partial charge on any atom is -0.494 e. The molecule has 0 saturated carbocycles. The van der Waals surface area contributed by atoms with Gasteiger partial charge in [-0.3, -0.25) is 0 Å². The number of aromatic nitrogens is 2. The van der Waals surface area contributed by atoms with E-state index >= 15 is 0 Å². The second-order valence-electron chi connectivity index (χ2n) is 10.2. The van der Waals surface area contributed by atoms with Gasteiger partial charge in [0, 0.05) is 31.0 Å². The summed E-state index contributed by atoms with van der Waals surface area (Å²) >= 11 is 0. The predicted molar refractivity (Wildman–Crippen MR) is 147 cm³/mol. The lowest BCUT2D eigenvalue weighted by molar-refractivity contribution is -0.185. The van der Waals surface area contributed by atoms with Gasteiger partial charge in [-0.2, -0.15) is 0 Å². The van der Waals surface area contributed by atoms with E-state index in [1.54, 1.807) is 0 Å². The third kappa shape index (κ3) is 11.4. The molecule has 2 aromatic rings. The second-order valence-corrected chi connectivity index (χ2v) is 10.2. The normalized spacial score (nSPS) is 16.7. The smallest absolute Gasteiger partial charge is 0.157 e. The SMILES string of the molecule is CCCCCCCCCCOc1ccc(-c2cnc(CCCCC(C)OC3CCCCO3)nc2)cc1. The van der Waals surface area contributed by atoms with E-state index in [0.29, 0.717) is 0 Å². The summed E-state index contributed by atoms with van der Waals surface area (Å²) < 4.78 is 17.6. The van der Waals surface area contributed by atoms with Crippen molar-refractivity contribution < 1.29 is 14.2 Å². The molecule has 2 atom stereocenters. The zero-order valence-corrected chi connectivity index (χ0v) is 22.8. The molecule has 200 valence electrons. The van der Waals surface area contributed by atoms with Crippen molar-refractivity contribution in [3.63, 3.8) is 0 Å². The zero-order valence-electron chi connectivity index (χ0n) is 22.8. The molecule has 5 nitrogen and oxygen atoms in total. The highest BCUT2D eigenvalue weighted by molar-refractivity contribution is 5.62. The van der Waals surface area contributed by atoms with E-state index in [4.69, 9.17) is 14.2 Å². The fourth-order valence-corrected chi connectivity index (χ4v) is 4.66. The van der Waals surface area contributed by atoms with Gasteiger partial charge >= 0.3 is 0 Å². The van der Waals surface area contributed by atoms with Crippen LogP contribution in [0.25, 0.3) is 11.1 Å². The van der Waals surface area contributed by atoms with E-state index in [1.807, 2.05) is 12.4 Å². The van der Waals surface area contributed by atoms with Crippen molar-refractivity contribution in [1.82, 2.24) is 9.97 Å². The molecule has 2 heterocycles. The molecule has 0 amide bonds. The molecule has 2 unspecified atom stereocenters. The Morgan fingerprint density at radius 2 is 1.58 bits per heavy atom. The summed E-state index contributed by atoms with van der Waals surface area (Å²) in [5, 5.41) is 0. The number of unbranched alkanes of at least 4 members (excludes halogenated alkanes) is 8. The van der Waals surface area contributed by atoms with Crippen molar-refractivity contribution in [3.05, 3.63) is 42.5 Å². The molecule has 3 rings (SSSR count). The lowest BCUT2D eigenvalue weighted by Crippen LogP contribution is -2.26. The first-order chi connectivity index (χ1) is 17.7. The Labute approximate surface area is 219 Å². The zero-order chi connectivity index (χ0) is 25.3. The molecular weight excluding hydrogens is 448 g/mol. The largest absolute Gasteiger partial charge is 0.494 e. The fourth-order valence-electron chi connectivity index (χ4n) is 4.66. The maximum absolute atomic E-state index is 6.01. The Bertz CT molecular complexity index is 804. The van der Waals surface area contributed by atoms with Crippen LogP contribution in [0.5, 0.6) is 5.75 Å². The maximum atomic E-state index is 6.01. The van der Waals surface area contributed by atoms with Crippen LogP contribution >= 0.6 is 0 Å². The summed E-state index contributed by atoms with van der Waals surface area (Å²) in [7, 11) is 0. The van der Waals surface area contributed by atoms with Gasteiger partial charge in [-0.1, -0.05) is 70.4 Å². The van der Waals surface area contributed by atoms with Crippen molar-refractivity contribution in [2.24, 2.45) is 0 Å². The Morgan fingerprint density at radius 3 is 2.28 bits per heavy atom. The standard InChI is InChI=1S/C31H48N2O3/c1-3-4-5-6-7-8-9-13-22-34-29-20-18-27(19-21-29)28-24-32-30(33-25-28)16-11-10-15-26(2)36-31-17-12-14-23-35-31/h18-21,24-26,31H,3-17,22-23H2,1-2H3. The molecule has 0 bridgehead atoms. The van der Waals surface area contributed by atoms with Crippen molar-refractivity contribution in [2.75, 3.05) is 13.2 Å². The first-order valence-electron chi connectivity index (χ1n) is 14.6. The van der Waals surface area contributed by atoms with Crippen LogP contribution in [-0.2, 0) is 15.9 Å². The van der Waals surface area contributed by atoms with Crippen molar-refractivity contribution in [3.8, 4) is 16.9 Å². The molecule has 0 radical (unpaired) electrons. The summed E-state index contributed by atoms with van der Waals surface area (Å²) in [6.45, 7) is 6.05. The first-order valence-corrected chi connectivity index (χ1v) is 14.6. The highest BCUT2D eigenvalue weighted by atomic mass is 16.7. The molecule has 0 aliphatic carbocycles. The molecule has 1 saturated heterocycles. The van der Waals surface area contributed by atoms with E-state index in [9.17, 15) is 0 Å². The van der Waals surface area contributed by atoms with Gasteiger partial charge in [0.1, 0.15) is 11.6 Å². The van der Waals surface area contributed by atoms with Crippen molar-refractivity contribution >= 4 is 0 Å². The van der Waals surface area contributed by atoms with E-state index < -0.39 is 0 Å². The van der Waals surface area contributed by atoms with Crippen molar-refractivity contribution in [2.45, 2.75) is 123 Å². The number of aryl methyl sites for hydroxylation is 1. The molecular formula is C31H48N2O3. The summed E-state index contributed by atoms with van der Waals surface area (Å²) in [4.78, 5) is 9.19. The number of hydrogen-bond acceptors (Lipinski definition) is 5. The Balaban J connectivity index is 1.28. The van der Waals surface area contributed by atoms with Gasteiger partial charge in [-0.05, 0) is 63.1 Å². The van der Waals surface area contributed by atoms with E-state index in [-0.39, 0.29) is 12.4 Å². The number of nitrogens with zero attached hydrogens (tertiary/aromatic N) is 2. The van der Waals surface area contributed by atoms with Crippen LogP contribution in [0, 0.1) is 0 Å². The van der Waals surface area contributed by atoms with Gasteiger partial charge in [-0.15, -0.1) is 0 Å². The summed E-state index contributed by atoms with van der Waals surface area (Å²) in [5.41, 5.74) is 2.17. The minimum atomic E-state index is 0.000149. The third-order valence-electron chi connectivity index (χ3n) is 6.94. The van der Waals surface area contributed by atoms with Gasteiger partial charge in [0.05, 0.1) is 12.7 Å². The van der Waals surface area contributed by atoms with E-state index in [0.717, 1.165) is 80.9 Å². The molecule has 1 aliphatic heterocycles. The van der Waals surface area contributed by atoms with Crippen LogP contribution in [0.4, 0.5) is 0 Å². The lowest BCUT2D eigenvalue weighted by atomic mass is 10.1. The topological polar surface area (TPSA) is 53.5 Å². The van der Waals surface area contributed by atoms with Gasteiger partial charge in [0.25, 0.3) is 0 Å². The Morgan fingerprint density at radius 1 is 0.861 bits per heavy atom. The van der Waals surface area contributed by atoms with Crippen LogP contribution in [0.2, 0.25) is 0 Å². The van der Waals surface area contributed by atoms with Crippen molar-refractivity contribution in [1.29, 1.82) is 0 Å². The minimum absolute atomic E-state index is 0.000149. The van der Waals surface area contributed by atoms with Gasteiger partial charge in [0.15, 0.2) is 6.29 Å². The first kappa shape index (κ1) is 28.6. The Kier molecular flexibility index (Phi) is 13.9. The summed E-state index contributed by atoms with van der Waals surface area (Å²) in [6, 6.07) is 8.29. The van der Waals surface area contributed by atoms with Gasteiger partial charge in [-0.25, -0.2) is 9.97 Å². The lowest BCUT2D eigenvalue weighted by Gasteiger charge is -2.26. The van der Waals surface area contributed by atoms with Gasteiger partial charge in [0.2, 0.25) is 0 Å². The fraction of sp³-hybridized carbons (Fsp3) is 0.677. The molecule has 1 fully saturated rings. The predicted octanol–water partition coefficient (Wildman–Crippen LogP) is 8.31. The number of hydrogen-bond donors (Lipinski definition) is 0. The van der Waals surface area contributed by atoms with E-state index in [2.05, 4.69) is 48.1 Å². The number of ether oxygens (including phenoxy) is 3.